The molecule has 0 aliphatic carbocycles. The molecule has 1 amide bonds. The molecule has 1 aliphatic heterocycles. The maximum atomic E-state index is 13.7. The fourth-order valence-electron chi connectivity index (χ4n) is 5.02. The predicted octanol–water partition coefficient (Wildman–Crippen LogP) is 5.78. The van der Waals surface area contributed by atoms with E-state index in [2.05, 4.69) is 5.32 Å². The lowest BCUT2D eigenvalue weighted by atomic mass is 9.60. The largest absolute Gasteiger partial charge is 0.481 e. The summed E-state index contributed by atoms with van der Waals surface area (Å²) >= 11 is 12.4. The van der Waals surface area contributed by atoms with Gasteiger partial charge >= 0.3 is 11.9 Å². The molecule has 1 aliphatic rings. The van der Waals surface area contributed by atoms with Crippen molar-refractivity contribution in [1.29, 1.82) is 0 Å². The van der Waals surface area contributed by atoms with Crippen molar-refractivity contribution in [3.63, 3.8) is 0 Å². The van der Waals surface area contributed by atoms with Crippen molar-refractivity contribution in [3.05, 3.63) is 69.7 Å². The zero-order valence-corrected chi connectivity index (χ0v) is 20.7. The number of ether oxygens (including phenoxy) is 1. The number of aliphatic carboxylic acids is 1. The average molecular weight is 506 g/mol. The molecule has 3 rings (SSSR count). The summed E-state index contributed by atoms with van der Waals surface area (Å²) in [6, 6.07) is 14.0. The van der Waals surface area contributed by atoms with E-state index in [1.807, 2.05) is 37.3 Å². The lowest BCUT2D eigenvalue weighted by Gasteiger charge is -2.47. The van der Waals surface area contributed by atoms with Gasteiger partial charge in [-0.2, -0.15) is 0 Å². The molecule has 1 heterocycles. The Hall–Kier alpha value is -2.57. The van der Waals surface area contributed by atoms with E-state index in [9.17, 15) is 19.5 Å². The molecule has 8 heteroatoms. The summed E-state index contributed by atoms with van der Waals surface area (Å²) in [5.74, 6) is -3.36. The quantitative estimate of drug-likeness (QED) is 0.421. The Kier molecular flexibility index (Phi) is 8.61. The van der Waals surface area contributed by atoms with Gasteiger partial charge in [0.25, 0.3) is 0 Å². The second kappa shape index (κ2) is 11.2. The lowest BCUT2D eigenvalue weighted by Crippen LogP contribution is -2.56. The minimum atomic E-state index is -1.47. The zero-order chi connectivity index (χ0) is 24.9. The predicted molar refractivity (Wildman–Crippen MR) is 131 cm³/mol. The molecule has 0 saturated carbocycles. The van der Waals surface area contributed by atoms with Gasteiger partial charge in [0.2, 0.25) is 5.91 Å². The Balaban J connectivity index is 2.16. The first-order valence-electron chi connectivity index (χ1n) is 11.4. The second-order valence-electron chi connectivity index (χ2n) is 8.69. The van der Waals surface area contributed by atoms with Gasteiger partial charge < -0.3 is 15.2 Å². The van der Waals surface area contributed by atoms with Gasteiger partial charge in [0.1, 0.15) is 0 Å². The zero-order valence-electron chi connectivity index (χ0n) is 19.2. The number of esters is 1. The highest BCUT2D eigenvalue weighted by Crippen LogP contribution is 2.51. The number of halogens is 2. The summed E-state index contributed by atoms with van der Waals surface area (Å²) in [5.41, 5.74) is 0.209. The molecule has 2 aromatic rings. The molecule has 0 spiro atoms. The Bertz CT molecular complexity index is 1040. The summed E-state index contributed by atoms with van der Waals surface area (Å²) < 4.78 is 5.30. The molecule has 1 fully saturated rings. The van der Waals surface area contributed by atoms with E-state index in [4.69, 9.17) is 27.9 Å². The van der Waals surface area contributed by atoms with Crippen molar-refractivity contribution in [2.45, 2.75) is 51.5 Å². The fraction of sp³-hybridized carbons (Fsp3) is 0.423. The molecule has 2 aromatic carbocycles. The molecule has 6 nitrogen and oxygen atoms in total. The van der Waals surface area contributed by atoms with E-state index in [1.165, 1.54) is 0 Å². The van der Waals surface area contributed by atoms with Crippen molar-refractivity contribution in [2.24, 2.45) is 11.3 Å². The van der Waals surface area contributed by atoms with Crippen molar-refractivity contribution < 1.29 is 24.2 Å². The molecular weight excluding hydrogens is 477 g/mol. The molecule has 1 saturated heterocycles. The van der Waals surface area contributed by atoms with Gasteiger partial charge in [-0.3, -0.25) is 14.4 Å². The number of hydrogen-bond acceptors (Lipinski definition) is 4. The van der Waals surface area contributed by atoms with Crippen LogP contribution < -0.4 is 5.32 Å². The maximum absolute atomic E-state index is 13.7. The van der Waals surface area contributed by atoms with Crippen molar-refractivity contribution in [3.8, 4) is 0 Å². The van der Waals surface area contributed by atoms with Crippen molar-refractivity contribution in [1.82, 2.24) is 5.32 Å². The fourth-order valence-corrected chi connectivity index (χ4v) is 5.34. The van der Waals surface area contributed by atoms with Gasteiger partial charge in [0, 0.05) is 16.0 Å². The minimum Gasteiger partial charge on any atom is -0.481 e. The SMILES string of the molecule is CCC[C@@H](C(=O)OCC)[C@@]1(CC(=O)O)C[C@@H](c2cccc(Cl)c2)[C@H](c2ccc(Cl)cc2)NC1=O. The van der Waals surface area contributed by atoms with E-state index < -0.39 is 41.6 Å². The number of nitrogens with one attached hydrogen (secondary N) is 1. The maximum Gasteiger partial charge on any atom is 0.310 e. The Morgan fingerprint density at radius 3 is 2.41 bits per heavy atom. The third-order valence-electron chi connectivity index (χ3n) is 6.51. The average Bonchev–Trinajstić information content (AvgIpc) is 2.79. The van der Waals surface area contributed by atoms with Crippen LogP contribution in [0.25, 0.3) is 0 Å². The molecule has 2 N–H and O–H groups in total. The first-order chi connectivity index (χ1) is 16.2. The van der Waals surface area contributed by atoms with Crippen LogP contribution in [0.5, 0.6) is 0 Å². The molecule has 0 unspecified atom stereocenters. The highest BCUT2D eigenvalue weighted by atomic mass is 35.5. The third-order valence-corrected chi connectivity index (χ3v) is 7.00. The number of benzene rings is 2. The van der Waals surface area contributed by atoms with Crippen LogP contribution >= 0.6 is 23.2 Å². The molecule has 4 atom stereocenters. The van der Waals surface area contributed by atoms with Crippen LogP contribution in [-0.2, 0) is 19.1 Å². The number of piperidine rings is 1. The highest BCUT2D eigenvalue weighted by Gasteiger charge is 2.56. The van der Waals surface area contributed by atoms with E-state index >= 15 is 0 Å². The number of amides is 1. The van der Waals surface area contributed by atoms with Crippen molar-refractivity contribution in [2.75, 3.05) is 6.61 Å². The highest BCUT2D eigenvalue weighted by molar-refractivity contribution is 6.30. The van der Waals surface area contributed by atoms with Crippen LogP contribution in [0.1, 0.15) is 62.6 Å². The van der Waals surface area contributed by atoms with Gasteiger partial charge in [-0.25, -0.2) is 0 Å². The van der Waals surface area contributed by atoms with Crippen molar-refractivity contribution >= 4 is 41.0 Å². The van der Waals surface area contributed by atoms with Crippen LogP contribution in [0.2, 0.25) is 10.0 Å². The van der Waals surface area contributed by atoms with E-state index in [0.717, 1.165) is 11.1 Å². The van der Waals surface area contributed by atoms with Gasteiger partial charge in [0.05, 0.1) is 30.4 Å². The summed E-state index contributed by atoms with van der Waals surface area (Å²) in [4.78, 5) is 38.8. The standard InChI is InChI=1S/C26H29Cl2NO5/c1-3-6-21(24(32)34-4-2)26(15-22(30)31)14-20(17-7-5-8-19(28)13-17)23(29-25(26)33)16-9-11-18(27)12-10-16/h5,7-13,20-21,23H,3-4,6,14-15H2,1-2H3,(H,29,33)(H,30,31)/t20-,21-,23-,26-/m0/s1. The van der Waals surface area contributed by atoms with E-state index in [1.54, 1.807) is 25.1 Å². The summed E-state index contributed by atoms with van der Waals surface area (Å²) in [5, 5.41) is 14.0. The second-order valence-corrected chi connectivity index (χ2v) is 9.56. The van der Waals surface area contributed by atoms with E-state index in [0.29, 0.717) is 22.9 Å². The van der Waals surface area contributed by atoms with Crippen LogP contribution in [0, 0.1) is 11.3 Å². The van der Waals surface area contributed by atoms with Gasteiger partial charge in [-0.05, 0) is 55.2 Å². The first-order valence-corrected chi connectivity index (χ1v) is 12.2. The topological polar surface area (TPSA) is 92.7 Å². The van der Waals surface area contributed by atoms with Gasteiger partial charge in [-0.1, -0.05) is 60.8 Å². The number of carbonyl (C=O) groups excluding carboxylic acids is 2. The third kappa shape index (κ3) is 5.56. The first kappa shape index (κ1) is 26.0. The summed E-state index contributed by atoms with van der Waals surface area (Å²) in [6.45, 7) is 3.73. The van der Waals surface area contributed by atoms with Crippen LogP contribution in [0.15, 0.2) is 48.5 Å². The van der Waals surface area contributed by atoms with E-state index in [-0.39, 0.29) is 18.9 Å². The number of carbonyl (C=O) groups is 3. The number of rotatable bonds is 9. The van der Waals surface area contributed by atoms with Crippen LogP contribution in [0.4, 0.5) is 0 Å². The Morgan fingerprint density at radius 1 is 1.12 bits per heavy atom. The molecule has 34 heavy (non-hydrogen) atoms. The summed E-state index contributed by atoms with van der Waals surface area (Å²) in [7, 11) is 0. The smallest absolute Gasteiger partial charge is 0.310 e. The molecule has 0 aromatic heterocycles. The summed E-state index contributed by atoms with van der Waals surface area (Å²) in [6.07, 6.45) is 0.614. The Morgan fingerprint density at radius 2 is 1.82 bits per heavy atom. The van der Waals surface area contributed by atoms with Crippen LogP contribution in [0.3, 0.4) is 0 Å². The number of hydrogen-bond donors (Lipinski definition) is 2. The Labute approximate surface area is 209 Å². The normalized spacial score (nSPS) is 23.1. The molecular formula is C26H29Cl2NO5. The van der Waals surface area contributed by atoms with Gasteiger partial charge in [0.15, 0.2) is 0 Å². The lowest BCUT2D eigenvalue weighted by molar-refractivity contribution is -0.165. The van der Waals surface area contributed by atoms with Crippen LogP contribution in [-0.4, -0.2) is 29.6 Å². The number of carboxylic acids is 1. The molecule has 0 radical (unpaired) electrons. The molecule has 182 valence electrons. The van der Waals surface area contributed by atoms with Gasteiger partial charge in [-0.15, -0.1) is 0 Å². The minimum absolute atomic E-state index is 0.148. The monoisotopic (exact) mass is 505 g/mol. The molecule has 0 bridgehead atoms. The number of carboxylic acid groups (broad SMARTS) is 1.